The van der Waals surface area contributed by atoms with E-state index in [1.807, 2.05) is 0 Å². The molecule has 57 heavy (non-hydrogen) atoms. The zero-order valence-corrected chi connectivity index (χ0v) is 32.9. The molecule has 1 aromatic carbocycles. The van der Waals surface area contributed by atoms with Gasteiger partial charge < -0.3 is 50.9 Å². The molecule has 0 spiro atoms. The van der Waals surface area contributed by atoms with Crippen LogP contribution in [0.2, 0.25) is 0 Å². The van der Waals surface area contributed by atoms with Gasteiger partial charge in [-0.1, -0.05) is 50.3 Å². The molecule has 2 aromatic heterocycles. The molecule has 3 heterocycles. The summed E-state index contributed by atoms with van der Waals surface area (Å²) < 4.78 is 62.1. The highest BCUT2D eigenvalue weighted by molar-refractivity contribution is 7.61. The maximum absolute atomic E-state index is 12.7. The third-order valence-corrected chi connectivity index (χ3v) is 11.1. The fourth-order valence-electron chi connectivity index (χ4n) is 5.12. The van der Waals surface area contributed by atoms with Crippen molar-refractivity contribution in [1.82, 2.24) is 30.2 Å². The molecular formula is C30H42N7O17P3. The fourth-order valence-corrected chi connectivity index (χ4v) is 7.95. The highest BCUT2D eigenvalue weighted by Gasteiger charge is 2.50. The van der Waals surface area contributed by atoms with Gasteiger partial charge in [0, 0.05) is 30.5 Å². The molecule has 0 bridgehead atoms. The summed E-state index contributed by atoms with van der Waals surface area (Å²) in [6.07, 6.45) is -3.56. The molecule has 314 valence electrons. The van der Waals surface area contributed by atoms with Gasteiger partial charge in [0.25, 0.3) is 0 Å². The number of hydrogen-bond acceptors (Lipinski definition) is 17. The lowest BCUT2D eigenvalue weighted by atomic mass is 9.87. The minimum Gasteiger partial charge on any atom is -0.386 e. The molecule has 2 unspecified atom stereocenters. The summed E-state index contributed by atoms with van der Waals surface area (Å²) in [5.74, 6) is -1.64. The van der Waals surface area contributed by atoms with Crippen LogP contribution in [0.15, 0.2) is 55.1 Å². The number of carbonyl (C=O) groups is 3. The number of amides is 2. The Hall–Kier alpha value is -3.83. The molecule has 1 aliphatic heterocycles. The summed E-state index contributed by atoms with van der Waals surface area (Å²) in [5, 5.41) is 26.4. The van der Waals surface area contributed by atoms with Gasteiger partial charge in [-0.05, 0) is 12.5 Å². The van der Waals surface area contributed by atoms with E-state index in [2.05, 4.69) is 34.4 Å². The quantitative estimate of drug-likeness (QED) is 0.0299. The molecule has 1 saturated heterocycles. The predicted octanol–water partition coefficient (Wildman–Crippen LogP) is 0.234. The Morgan fingerprint density at radius 3 is 2.39 bits per heavy atom. The second-order valence-electron chi connectivity index (χ2n) is 13.0. The molecule has 7 atom stereocenters. The Bertz CT molecular complexity index is 2060. The predicted molar refractivity (Wildman–Crippen MR) is 194 cm³/mol. The van der Waals surface area contributed by atoms with E-state index in [4.69, 9.17) is 19.5 Å². The van der Waals surface area contributed by atoms with Gasteiger partial charge in [-0.15, -0.1) is 0 Å². The van der Waals surface area contributed by atoms with E-state index in [0.717, 1.165) is 17.2 Å². The van der Waals surface area contributed by atoms with E-state index < -0.39 is 84.6 Å². The molecule has 27 heteroatoms. The summed E-state index contributed by atoms with van der Waals surface area (Å²) >= 11 is 0. The van der Waals surface area contributed by atoms with E-state index in [1.54, 1.807) is 36.4 Å². The minimum atomic E-state index is -5.57. The summed E-state index contributed by atoms with van der Waals surface area (Å²) in [6.45, 7) is 0.496. The zero-order valence-electron chi connectivity index (χ0n) is 30.2. The van der Waals surface area contributed by atoms with Crippen molar-refractivity contribution in [1.29, 1.82) is 0 Å². The number of ether oxygens (including phenoxy) is 1. The van der Waals surface area contributed by atoms with Gasteiger partial charge in [0.2, 0.25) is 11.8 Å². The Labute approximate surface area is 323 Å². The number of anilines is 1. The number of nitrogens with one attached hydrogen (secondary N) is 2. The van der Waals surface area contributed by atoms with Crippen molar-refractivity contribution in [3.63, 3.8) is 0 Å². The SMILES string of the molecule is CC(C)(COP(=O)(O)OP(=O)(O)OC[C@H]1O[C@@H](n2cnc3c(N)ncnc32)[C@H](O)[C@@H]1OP(=O)(O)O)[C@@H](O)C(=O)NCCC(=O)NCC/C=C/C(=O)c1ccccc1. The van der Waals surface area contributed by atoms with Gasteiger partial charge in [0.15, 0.2) is 23.5 Å². The number of aliphatic hydroxyl groups excluding tert-OH is 2. The van der Waals surface area contributed by atoms with E-state index in [9.17, 15) is 57.9 Å². The third kappa shape index (κ3) is 13.4. The number of phosphoric ester groups is 3. The lowest BCUT2D eigenvalue weighted by Crippen LogP contribution is -2.46. The second-order valence-corrected chi connectivity index (χ2v) is 17.2. The van der Waals surface area contributed by atoms with Crippen molar-refractivity contribution < 1.29 is 80.5 Å². The molecular weight excluding hydrogens is 823 g/mol. The van der Waals surface area contributed by atoms with Crippen LogP contribution in [0.1, 0.15) is 43.3 Å². The maximum atomic E-state index is 12.7. The van der Waals surface area contributed by atoms with E-state index in [0.29, 0.717) is 12.0 Å². The molecule has 0 radical (unpaired) electrons. The molecule has 1 aliphatic rings. The number of fused-ring (bicyclic) bond motifs is 1. The van der Waals surface area contributed by atoms with Crippen LogP contribution in [-0.4, -0.2) is 118 Å². The number of benzene rings is 1. The lowest BCUT2D eigenvalue weighted by Gasteiger charge is -2.30. The standard InChI is InChI=1S/C30H42N7O17P3/c1-30(2,25(41)28(42)33-13-11-21(39)32-12-7-6-10-19(38)18-8-4-3-5-9-18)15-51-57(48,49)54-56(46,47)50-14-20-24(53-55(43,44)45)23(40)29(52-20)37-17-36-22-26(31)34-16-35-27(22)37/h3-6,8-10,16-17,20,23-25,29,40-41H,7,11-15H2,1-2H3,(H,32,39)(H,33,42)(H,46,47)(H,48,49)(H2,31,34,35)(H2,43,44,45)/b10-6+/t20-,23-,24-,25+,29-/m1/s1. The number of imidazole rings is 1. The van der Waals surface area contributed by atoms with E-state index in [1.165, 1.54) is 19.9 Å². The van der Waals surface area contributed by atoms with Gasteiger partial charge >= 0.3 is 23.5 Å². The molecule has 24 nitrogen and oxygen atoms in total. The first-order valence-electron chi connectivity index (χ1n) is 16.7. The van der Waals surface area contributed by atoms with Crippen LogP contribution in [0.5, 0.6) is 0 Å². The van der Waals surface area contributed by atoms with Crippen LogP contribution in [0.4, 0.5) is 5.82 Å². The molecule has 1 fully saturated rings. The van der Waals surface area contributed by atoms with Gasteiger partial charge in [-0.2, -0.15) is 4.31 Å². The van der Waals surface area contributed by atoms with Gasteiger partial charge in [-0.3, -0.25) is 32.5 Å². The van der Waals surface area contributed by atoms with Crippen molar-refractivity contribution in [3.05, 3.63) is 60.7 Å². The first-order valence-corrected chi connectivity index (χ1v) is 21.3. The van der Waals surface area contributed by atoms with E-state index in [-0.39, 0.29) is 42.3 Å². The number of nitrogens with zero attached hydrogens (tertiary/aromatic N) is 4. The summed E-state index contributed by atoms with van der Waals surface area (Å²) in [6, 6.07) is 8.61. The fraction of sp³-hybridized carbons (Fsp3) is 0.467. The number of carbonyl (C=O) groups excluding carboxylic acids is 3. The van der Waals surface area contributed by atoms with Gasteiger partial charge in [0.1, 0.15) is 36.3 Å². The van der Waals surface area contributed by atoms with Crippen molar-refractivity contribution in [2.45, 2.75) is 57.3 Å². The average Bonchev–Trinajstić information content (AvgIpc) is 3.69. The Kier molecular flexibility index (Phi) is 15.5. The van der Waals surface area contributed by atoms with Crippen molar-refractivity contribution in [2.24, 2.45) is 5.41 Å². The lowest BCUT2D eigenvalue weighted by molar-refractivity contribution is -0.137. The number of hydrogen-bond donors (Lipinski definition) is 9. The summed E-state index contributed by atoms with van der Waals surface area (Å²) in [7, 11) is -16.4. The van der Waals surface area contributed by atoms with Gasteiger partial charge in [0.05, 0.1) is 19.5 Å². The maximum Gasteiger partial charge on any atom is 0.481 e. The number of nitrogen functional groups attached to an aromatic ring is 1. The molecule has 2 amide bonds. The number of rotatable bonds is 21. The normalized spacial score (nSPS) is 21.5. The number of allylic oxidation sites excluding steroid dienone is 1. The Morgan fingerprint density at radius 1 is 1.02 bits per heavy atom. The Balaban J connectivity index is 1.23. The van der Waals surface area contributed by atoms with Crippen LogP contribution in [-0.2, 0) is 45.9 Å². The number of aliphatic hydroxyl groups is 2. The molecule has 3 aromatic rings. The monoisotopic (exact) mass is 865 g/mol. The smallest absolute Gasteiger partial charge is 0.386 e. The largest absolute Gasteiger partial charge is 0.481 e. The van der Waals surface area contributed by atoms with Crippen LogP contribution in [0.25, 0.3) is 11.2 Å². The average molecular weight is 866 g/mol. The number of phosphoric acid groups is 3. The topological polar surface area (TPSA) is 364 Å². The van der Waals surface area contributed by atoms with Crippen molar-refractivity contribution in [3.8, 4) is 0 Å². The van der Waals surface area contributed by atoms with Gasteiger partial charge in [-0.25, -0.2) is 28.6 Å². The summed E-state index contributed by atoms with van der Waals surface area (Å²) in [5.41, 5.74) is 4.78. The summed E-state index contributed by atoms with van der Waals surface area (Å²) in [4.78, 5) is 87.7. The molecule has 0 aliphatic carbocycles. The molecule has 4 rings (SSSR count). The molecule has 0 saturated carbocycles. The zero-order chi connectivity index (χ0) is 42.2. The first-order chi connectivity index (χ1) is 26.6. The third-order valence-electron chi connectivity index (χ3n) is 8.04. The van der Waals surface area contributed by atoms with Crippen molar-refractivity contribution >= 4 is 58.0 Å². The first kappa shape index (κ1) is 45.9. The van der Waals surface area contributed by atoms with Crippen LogP contribution in [0.3, 0.4) is 0 Å². The molecule has 10 N–H and O–H groups in total. The number of ketones is 1. The highest BCUT2D eigenvalue weighted by Crippen LogP contribution is 2.61. The van der Waals surface area contributed by atoms with E-state index >= 15 is 0 Å². The number of nitrogens with two attached hydrogens (primary N) is 1. The Morgan fingerprint density at radius 2 is 1.70 bits per heavy atom. The second kappa shape index (κ2) is 19.3. The van der Waals surface area contributed by atoms with Crippen LogP contribution in [0, 0.1) is 5.41 Å². The van der Waals surface area contributed by atoms with Crippen molar-refractivity contribution in [2.75, 3.05) is 32.0 Å². The highest BCUT2D eigenvalue weighted by atomic mass is 31.3. The number of aromatic nitrogens is 4. The van der Waals surface area contributed by atoms with Crippen LogP contribution >= 0.6 is 23.5 Å². The van der Waals surface area contributed by atoms with Crippen LogP contribution < -0.4 is 16.4 Å². The minimum absolute atomic E-state index is 0.0291.